The Morgan fingerprint density at radius 1 is 1.35 bits per heavy atom. The molecule has 0 atom stereocenters. The molecule has 0 aliphatic rings. The molecule has 0 bridgehead atoms. The highest BCUT2D eigenvalue weighted by Crippen LogP contribution is 2.23. The number of fused-ring (bicyclic) bond motifs is 1. The van der Waals surface area contributed by atoms with E-state index in [1.165, 1.54) is 6.20 Å². The largest absolute Gasteiger partial charge is 0.417 e. The van der Waals surface area contributed by atoms with Crippen molar-refractivity contribution in [3.63, 3.8) is 0 Å². The van der Waals surface area contributed by atoms with Gasteiger partial charge in [-0.05, 0) is 12.1 Å². The molecule has 17 heavy (non-hydrogen) atoms. The highest BCUT2D eigenvalue weighted by molar-refractivity contribution is 5.88. The van der Waals surface area contributed by atoms with E-state index in [2.05, 4.69) is 15.2 Å². The summed E-state index contributed by atoms with van der Waals surface area (Å²) in [7, 11) is 0. The van der Waals surface area contributed by atoms with Crippen molar-refractivity contribution < 1.29 is 9.21 Å². The molecular formula is C11H7N3O3. The van der Waals surface area contributed by atoms with Crippen LogP contribution in [0.1, 0.15) is 10.4 Å². The molecule has 0 amide bonds. The lowest BCUT2D eigenvalue weighted by atomic mass is 10.1. The number of H-pyrrole nitrogens is 2. The van der Waals surface area contributed by atoms with Gasteiger partial charge in [-0.3, -0.25) is 14.9 Å². The van der Waals surface area contributed by atoms with Crippen LogP contribution in [0.3, 0.4) is 0 Å². The molecule has 6 heteroatoms. The van der Waals surface area contributed by atoms with Gasteiger partial charge in [0.15, 0.2) is 11.9 Å². The van der Waals surface area contributed by atoms with Crippen LogP contribution >= 0.6 is 0 Å². The monoisotopic (exact) mass is 229 g/mol. The number of nitrogens with one attached hydrogen (secondary N) is 2. The predicted molar refractivity (Wildman–Crippen MR) is 59.8 cm³/mol. The Balaban J connectivity index is 2.24. The van der Waals surface area contributed by atoms with Crippen molar-refractivity contribution in [2.75, 3.05) is 0 Å². The van der Waals surface area contributed by atoms with Gasteiger partial charge in [0, 0.05) is 5.56 Å². The Morgan fingerprint density at radius 3 is 3.06 bits per heavy atom. The van der Waals surface area contributed by atoms with E-state index in [1.807, 2.05) is 0 Å². The summed E-state index contributed by atoms with van der Waals surface area (Å²) >= 11 is 0. The summed E-state index contributed by atoms with van der Waals surface area (Å²) < 4.78 is 4.95. The van der Waals surface area contributed by atoms with E-state index in [-0.39, 0.29) is 0 Å². The molecule has 0 spiro atoms. The summed E-state index contributed by atoms with van der Waals surface area (Å²) in [5.74, 6) is -0.502. The fraction of sp³-hybridized carbons (Fsp3) is 0. The standard InChI is InChI=1S/C11H7N3O3/c15-5-7-4-12-14-10(7)6-1-2-8-9(3-6)17-11(16)13-8/h1-5H,(H,12,14)(H,13,16). The molecule has 0 radical (unpaired) electrons. The first-order valence-corrected chi connectivity index (χ1v) is 4.90. The van der Waals surface area contributed by atoms with E-state index in [1.54, 1.807) is 18.2 Å². The van der Waals surface area contributed by atoms with Gasteiger partial charge in [0.2, 0.25) is 0 Å². The smallest absolute Gasteiger partial charge is 0.408 e. The molecule has 3 rings (SSSR count). The molecule has 3 aromatic rings. The highest BCUT2D eigenvalue weighted by Gasteiger charge is 2.09. The summed E-state index contributed by atoms with van der Waals surface area (Å²) in [6, 6.07) is 5.16. The Bertz CT molecular complexity index is 751. The van der Waals surface area contributed by atoms with Gasteiger partial charge in [0.05, 0.1) is 23.0 Å². The zero-order chi connectivity index (χ0) is 11.8. The minimum Gasteiger partial charge on any atom is -0.408 e. The quantitative estimate of drug-likeness (QED) is 0.648. The predicted octanol–water partition coefficient (Wildman–Crippen LogP) is 1.32. The number of hydrogen-bond donors (Lipinski definition) is 2. The van der Waals surface area contributed by atoms with Gasteiger partial charge in [0.25, 0.3) is 0 Å². The van der Waals surface area contributed by atoms with Gasteiger partial charge in [0.1, 0.15) is 0 Å². The van der Waals surface area contributed by atoms with Crippen molar-refractivity contribution in [2.45, 2.75) is 0 Å². The van der Waals surface area contributed by atoms with Crippen molar-refractivity contribution in [3.05, 3.63) is 40.5 Å². The minimum absolute atomic E-state index is 0.443. The molecule has 1 aromatic carbocycles. The molecule has 0 aliphatic heterocycles. The molecule has 2 aromatic heterocycles. The maximum Gasteiger partial charge on any atom is 0.417 e. The number of aldehydes is 1. The van der Waals surface area contributed by atoms with Crippen molar-refractivity contribution in [2.24, 2.45) is 0 Å². The van der Waals surface area contributed by atoms with Crippen LogP contribution in [0, 0.1) is 0 Å². The highest BCUT2D eigenvalue weighted by atomic mass is 16.4. The van der Waals surface area contributed by atoms with Crippen LogP contribution in [0.5, 0.6) is 0 Å². The molecule has 6 nitrogen and oxygen atoms in total. The van der Waals surface area contributed by atoms with E-state index in [9.17, 15) is 9.59 Å². The van der Waals surface area contributed by atoms with Gasteiger partial charge >= 0.3 is 5.76 Å². The maximum absolute atomic E-state index is 11.0. The molecule has 0 unspecified atom stereocenters. The average Bonchev–Trinajstić information content (AvgIpc) is 2.91. The first kappa shape index (κ1) is 9.59. The topological polar surface area (TPSA) is 91.8 Å². The average molecular weight is 229 g/mol. The second-order valence-electron chi connectivity index (χ2n) is 3.54. The Kier molecular flexibility index (Phi) is 1.94. The van der Waals surface area contributed by atoms with Crippen LogP contribution in [0.25, 0.3) is 22.4 Å². The molecule has 0 saturated carbocycles. The number of carbonyl (C=O) groups is 1. The third-order valence-corrected chi connectivity index (χ3v) is 2.51. The SMILES string of the molecule is O=Cc1cn[nH]c1-c1ccc2[nH]c(=O)oc2c1. The van der Waals surface area contributed by atoms with Crippen LogP contribution in [-0.4, -0.2) is 21.5 Å². The summed E-state index contributed by atoms with van der Waals surface area (Å²) in [6.07, 6.45) is 2.16. The molecule has 84 valence electrons. The van der Waals surface area contributed by atoms with Crippen molar-refractivity contribution in [1.82, 2.24) is 15.2 Å². The maximum atomic E-state index is 11.0. The van der Waals surface area contributed by atoms with Crippen LogP contribution in [0.4, 0.5) is 0 Å². The number of oxazole rings is 1. The lowest BCUT2D eigenvalue weighted by molar-refractivity contribution is 0.112. The van der Waals surface area contributed by atoms with E-state index in [0.717, 1.165) is 11.8 Å². The van der Waals surface area contributed by atoms with E-state index < -0.39 is 5.76 Å². The van der Waals surface area contributed by atoms with Gasteiger partial charge in [-0.1, -0.05) is 6.07 Å². The van der Waals surface area contributed by atoms with Crippen LogP contribution in [0.2, 0.25) is 0 Å². The summed E-state index contributed by atoms with van der Waals surface area (Å²) in [4.78, 5) is 24.3. The number of rotatable bonds is 2. The van der Waals surface area contributed by atoms with Crippen molar-refractivity contribution in [1.29, 1.82) is 0 Å². The number of benzene rings is 1. The number of hydrogen-bond acceptors (Lipinski definition) is 4. The Labute approximate surface area is 94.3 Å². The van der Waals surface area contributed by atoms with E-state index >= 15 is 0 Å². The third kappa shape index (κ3) is 1.46. The lowest BCUT2D eigenvalue weighted by Gasteiger charge is -1.97. The number of nitrogens with zero attached hydrogens (tertiary/aromatic N) is 1. The zero-order valence-electron chi connectivity index (χ0n) is 8.56. The first-order chi connectivity index (χ1) is 8.28. The Hall–Kier alpha value is -2.63. The minimum atomic E-state index is -0.502. The molecule has 0 fully saturated rings. The van der Waals surface area contributed by atoms with Crippen LogP contribution in [-0.2, 0) is 0 Å². The van der Waals surface area contributed by atoms with E-state index in [0.29, 0.717) is 22.4 Å². The van der Waals surface area contributed by atoms with Crippen LogP contribution < -0.4 is 5.76 Å². The molecule has 2 N–H and O–H groups in total. The summed E-state index contributed by atoms with van der Waals surface area (Å²) in [5, 5.41) is 6.53. The fourth-order valence-electron chi connectivity index (χ4n) is 1.72. The molecule has 2 heterocycles. The first-order valence-electron chi connectivity index (χ1n) is 4.90. The normalized spacial score (nSPS) is 10.8. The van der Waals surface area contributed by atoms with E-state index in [4.69, 9.17) is 4.42 Å². The van der Waals surface area contributed by atoms with Gasteiger partial charge < -0.3 is 4.42 Å². The van der Waals surface area contributed by atoms with Gasteiger partial charge in [-0.2, -0.15) is 5.10 Å². The summed E-state index contributed by atoms with van der Waals surface area (Å²) in [5.41, 5.74) is 2.86. The van der Waals surface area contributed by atoms with Gasteiger partial charge in [-0.15, -0.1) is 0 Å². The number of carbonyl (C=O) groups excluding carboxylic acids is 1. The zero-order valence-corrected chi connectivity index (χ0v) is 8.56. The second kappa shape index (κ2) is 3.44. The van der Waals surface area contributed by atoms with Crippen LogP contribution in [0.15, 0.2) is 33.6 Å². The molecular weight excluding hydrogens is 222 g/mol. The number of aromatic amines is 2. The molecule has 0 aliphatic carbocycles. The van der Waals surface area contributed by atoms with Crippen molar-refractivity contribution >= 4 is 17.4 Å². The second-order valence-corrected chi connectivity index (χ2v) is 3.54. The molecule has 0 saturated heterocycles. The Morgan fingerprint density at radius 2 is 2.24 bits per heavy atom. The third-order valence-electron chi connectivity index (χ3n) is 2.51. The lowest BCUT2D eigenvalue weighted by Crippen LogP contribution is -1.92. The fourth-order valence-corrected chi connectivity index (χ4v) is 1.72. The summed E-state index contributed by atoms with van der Waals surface area (Å²) in [6.45, 7) is 0. The van der Waals surface area contributed by atoms with Crippen molar-refractivity contribution in [3.8, 4) is 11.3 Å². The number of aromatic nitrogens is 3. The van der Waals surface area contributed by atoms with Gasteiger partial charge in [-0.25, -0.2) is 4.79 Å².